The summed E-state index contributed by atoms with van der Waals surface area (Å²) in [6, 6.07) is -0.311. The molecule has 1 aliphatic heterocycles. The number of likely N-dealkylation sites (tertiary alicyclic amines) is 1. The van der Waals surface area contributed by atoms with E-state index in [0.717, 1.165) is 19.3 Å². The van der Waals surface area contributed by atoms with Crippen molar-refractivity contribution in [3.8, 4) is 0 Å². The smallest absolute Gasteiger partial charge is 0.242 e. The van der Waals surface area contributed by atoms with Crippen molar-refractivity contribution in [2.24, 2.45) is 5.92 Å². The highest BCUT2D eigenvalue weighted by Crippen LogP contribution is 2.21. The fourth-order valence-corrected chi connectivity index (χ4v) is 2.24. The summed E-state index contributed by atoms with van der Waals surface area (Å²) < 4.78 is 0. The number of hydrogen-bond donors (Lipinski definition) is 2. The number of nitrogens with zero attached hydrogens (tertiary/aromatic N) is 1. The van der Waals surface area contributed by atoms with E-state index in [1.165, 1.54) is 0 Å². The number of carbonyl (C=O) groups excluding carboxylic acids is 2. The molecular weight excluding hydrogens is 236 g/mol. The molecule has 2 amide bonds. The van der Waals surface area contributed by atoms with E-state index in [9.17, 15) is 9.59 Å². The molecule has 4 nitrogen and oxygen atoms in total. The summed E-state index contributed by atoms with van der Waals surface area (Å²) in [5, 5.41) is 2.31. The van der Waals surface area contributed by atoms with E-state index in [-0.39, 0.29) is 29.0 Å². The Labute approximate surface area is 109 Å². The quantitative estimate of drug-likeness (QED) is 0.744. The van der Waals surface area contributed by atoms with Crippen molar-refractivity contribution >= 4 is 24.4 Å². The number of piperidine rings is 1. The average Bonchev–Trinajstić information content (AvgIpc) is 2.35. The Balaban J connectivity index is 2.77. The van der Waals surface area contributed by atoms with Gasteiger partial charge in [-0.05, 0) is 25.2 Å². The van der Waals surface area contributed by atoms with Crippen molar-refractivity contribution in [2.45, 2.75) is 44.4 Å². The van der Waals surface area contributed by atoms with E-state index in [4.69, 9.17) is 0 Å². The molecule has 0 aromatic rings. The van der Waals surface area contributed by atoms with E-state index in [2.05, 4.69) is 17.9 Å². The van der Waals surface area contributed by atoms with Crippen LogP contribution in [0.4, 0.5) is 0 Å². The summed E-state index contributed by atoms with van der Waals surface area (Å²) in [6.45, 7) is 4.60. The molecular formula is C12H22N2O2S. The molecule has 0 aliphatic carbocycles. The summed E-state index contributed by atoms with van der Waals surface area (Å²) in [5.41, 5.74) is 0. The normalized spacial score (nSPS) is 22.4. The molecule has 0 spiro atoms. The lowest BCUT2D eigenvalue weighted by Gasteiger charge is -2.36. The minimum absolute atomic E-state index is 0.0170. The van der Waals surface area contributed by atoms with Gasteiger partial charge in [-0.2, -0.15) is 12.6 Å². The largest absolute Gasteiger partial charge is 0.357 e. The van der Waals surface area contributed by atoms with Crippen LogP contribution in [0.2, 0.25) is 0 Å². The van der Waals surface area contributed by atoms with Gasteiger partial charge >= 0.3 is 0 Å². The summed E-state index contributed by atoms with van der Waals surface area (Å²) >= 11 is 4.35. The van der Waals surface area contributed by atoms with Crippen LogP contribution in [0, 0.1) is 5.92 Å². The lowest BCUT2D eigenvalue weighted by Crippen LogP contribution is -2.53. The maximum Gasteiger partial charge on any atom is 0.242 e. The van der Waals surface area contributed by atoms with Crippen LogP contribution >= 0.6 is 12.6 Å². The SMILES string of the molecule is CNC(=O)C1CCCCN1C(=O)C(S)C(C)C. The highest BCUT2D eigenvalue weighted by Gasteiger charge is 2.34. The van der Waals surface area contributed by atoms with Gasteiger partial charge in [-0.15, -0.1) is 0 Å². The van der Waals surface area contributed by atoms with Crippen LogP contribution in [0.3, 0.4) is 0 Å². The van der Waals surface area contributed by atoms with Crippen molar-refractivity contribution in [1.82, 2.24) is 10.2 Å². The number of amides is 2. The fraction of sp³-hybridized carbons (Fsp3) is 0.833. The number of rotatable bonds is 3. The first-order chi connectivity index (χ1) is 7.99. The molecule has 0 aromatic heterocycles. The van der Waals surface area contributed by atoms with Gasteiger partial charge in [-0.25, -0.2) is 0 Å². The van der Waals surface area contributed by atoms with Crippen molar-refractivity contribution in [1.29, 1.82) is 0 Å². The van der Waals surface area contributed by atoms with Gasteiger partial charge in [0.25, 0.3) is 0 Å². The zero-order chi connectivity index (χ0) is 13.0. The van der Waals surface area contributed by atoms with Gasteiger partial charge in [0.1, 0.15) is 6.04 Å². The van der Waals surface area contributed by atoms with Crippen LogP contribution in [-0.2, 0) is 9.59 Å². The highest BCUT2D eigenvalue weighted by atomic mass is 32.1. The van der Waals surface area contributed by atoms with E-state index in [0.29, 0.717) is 6.54 Å². The summed E-state index contributed by atoms with van der Waals surface area (Å²) in [4.78, 5) is 25.7. The van der Waals surface area contributed by atoms with E-state index >= 15 is 0 Å². The van der Waals surface area contributed by atoms with Gasteiger partial charge in [-0.1, -0.05) is 13.8 Å². The molecule has 0 bridgehead atoms. The second-order valence-electron chi connectivity index (χ2n) is 4.85. The molecule has 17 heavy (non-hydrogen) atoms. The van der Waals surface area contributed by atoms with E-state index < -0.39 is 0 Å². The Bertz CT molecular complexity index is 294. The third kappa shape index (κ3) is 3.37. The first-order valence-corrected chi connectivity index (χ1v) is 6.70. The predicted molar refractivity (Wildman–Crippen MR) is 71.0 cm³/mol. The molecule has 1 aliphatic rings. The molecule has 2 atom stereocenters. The minimum atomic E-state index is -0.319. The standard InChI is InChI=1S/C12H22N2O2S/c1-8(2)10(17)12(16)14-7-5-4-6-9(14)11(15)13-3/h8-10,17H,4-7H2,1-3H3,(H,13,15). The minimum Gasteiger partial charge on any atom is -0.357 e. The molecule has 98 valence electrons. The summed E-state index contributed by atoms with van der Waals surface area (Å²) in [6.07, 6.45) is 2.72. The molecule has 1 N–H and O–H groups in total. The molecule has 1 saturated heterocycles. The van der Waals surface area contributed by atoms with Crippen LogP contribution in [-0.4, -0.2) is 41.6 Å². The lowest BCUT2D eigenvalue weighted by atomic mass is 9.99. The Morgan fingerprint density at radius 1 is 1.35 bits per heavy atom. The number of nitrogens with one attached hydrogen (secondary N) is 1. The topological polar surface area (TPSA) is 49.4 Å². The molecule has 2 unspecified atom stereocenters. The first-order valence-electron chi connectivity index (χ1n) is 6.19. The second kappa shape index (κ2) is 6.28. The van der Waals surface area contributed by atoms with Gasteiger partial charge in [0.05, 0.1) is 5.25 Å². The van der Waals surface area contributed by atoms with E-state index in [1.54, 1.807) is 11.9 Å². The van der Waals surface area contributed by atoms with Crippen LogP contribution < -0.4 is 5.32 Å². The zero-order valence-electron chi connectivity index (χ0n) is 10.8. The predicted octanol–water partition coefficient (Wildman–Crippen LogP) is 1.07. The highest BCUT2D eigenvalue weighted by molar-refractivity contribution is 7.81. The van der Waals surface area contributed by atoms with Crippen LogP contribution in [0.15, 0.2) is 0 Å². The van der Waals surface area contributed by atoms with Gasteiger partial charge in [0.15, 0.2) is 0 Å². The number of thiol groups is 1. The van der Waals surface area contributed by atoms with Crippen molar-refractivity contribution in [3.63, 3.8) is 0 Å². The summed E-state index contributed by atoms with van der Waals surface area (Å²) in [5.74, 6) is 0.0945. The maximum atomic E-state index is 12.2. The second-order valence-corrected chi connectivity index (χ2v) is 5.40. The van der Waals surface area contributed by atoms with E-state index in [1.807, 2.05) is 13.8 Å². The Kier molecular flexibility index (Phi) is 5.31. The first kappa shape index (κ1) is 14.4. The number of likely N-dealkylation sites (N-methyl/N-ethyl adjacent to an activating group) is 1. The number of hydrogen-bond acceptors (Lipinski definition) is 3. The fourth-order valence-electron chi connectivity index (χ4n) is 2.09. The van der Waals surface area contributed by atoms with Crippen LogP contribution in [0.1, 0.15) is 33.1 Å². The third-order valence-electron chi connectivity index (χ3n) is 3.22. The molecule has 0 saturated carbocycles. The Morgan fingerprint density at radius 2 is 2.00 bits per heavy atom. The van der Waals surface area contributed by atoms with Crippen molar-refractivity contribution in [2.75, 3.05) is 13.6 Å². The van der Waals surface area contributed by atoms with Gasteiger partial charge in [0.2, 0.25) is 11.8 Å². The molecule has 1 heterocycles. The molecule has 0 radical (unpaired) electrons. The zero-order valence-corrected chi connectivity index (χ0v) is 11.7. The lowest BCUT2D eigenvalue weighted by molar-refractivity contribution is -0.142. The number of carbonyl (C=O) groups is 2. The summed E-state index contributed by atoms with van der Waals surface area (Å²) in [7, 11) is 1.61. The van der Waals surface area contributed by atoms with Crippen molar-refractivity contribution < 1.29 is 9.59 Å². The molecule has 1 rings (SSSR count). The van der Waals surface area contributed by atoms with Gasteiger partial charge < -0.3 is 10.2 Å². The Hall–Kier alpha value is -0.710. The average molecular weight is 258 g/mol. The third-order valence-corrected chi connectivity index (χ3v) is 4.04. The van der Waals surface area contributed by atoms with Gasteiger partial charge in [0, 0.05) is 13.6 Å². The monoisotopic (exact) mass is 258 g/mol. The molecule has 5 heteroatoms. The Morgan fingerprint density at radius 3 is 2.53 bits per heavy atom. The van der Waals surface area contributed by atoms with Crippen molar-refractivity contribution in [3.05, 3.63) is 0 Å². The maximum absolute atomic E-state index is 12.2. The molecule has 0 aromatic carbocycles. The van der Waals surface area contributed by atoms with Crippen LogP contribution in [0.5, 0.6) is 0 Å². The molecule has 1 fully saturated rings. The van der Waals surface area contributed by atoms with Gasteiger partial charge in [-0.3, -0.25) is 9.59 Å². The van der Waals surface area contributed by atoms with Crippen LogP contribution in [0.25, 0.3) is 0 Å².